The molecule has 0 spiro atoms. The van der Waals surface area contributed by atoms with Gasteiger partial charge in [-0.2, -0.15) is 0 Å². The Kier molecular flexibility index (Phi) is 10.7. The number of rotatable bonds is 5. The number of carbonyl (C=O) groups excluding carboxylic acids is 2. The number of likely N-dealkylation sites (N-methyl/N-ethyl adjacent to an activating group) is 1. The van der Waals surface area contributed by atoms with Crippen molar-refractivity contribution in [3.63, 3.8) is 0 Å². The van der Waals surface area contributed by atoms with Gasteiger partial charge in [0.25, 0.3) is 5.91 Å². The maximum absolute atomic E-state index is 13.6. The van der Waals surface area contributed by atoms with Crippen molar-refractivity contribution in [2.75, 3.05) is 58.4 Å². The summed E-state index contributed by atoms with van der Waals surface area (Å²) >= 11 is 0. The highest BCUT2D eigenvalue weighted by Crippen LogP contribution is 2.43. The van der Waals surface area contributed by atoms with Crippen LogP contribution in [0.4, 0.5) is 5.69 Å². The number of aryl methyl sites for hydroxylation is 1. The van der Waals surface area contributed by atoms with Gasteiger partial charge in [0, 0.05) is 68.3 Å². The van der Waals surface area contributed by atoms with Crippen LogP contribution in [0.1, 0.15) is 63.5 Å². The zero-order valence-electron chi connectivity index (χ0n) is 32.5. The summed E-state index contributed by atoms with van der Waals surface area (Å²) in [5, 5.41) is 13.5. The molecular formula is C42H55N7O5. The standard InChI is InChI=1S/C42H55N7O5/c1-7-48-37-11-10-28-21-32(37)34(39(48)33-22-30(24-44-38(33)26(2)53-6)47-15-13-46(5)14-16-47)23-42(3,4)25-54-41(52)36-9-8-12-49(45-36)40(51)35(43)19-27-17-29(28)20-31(50)18-27/h10-11,17-18,20-22,24,26,35-36,45,50H,7-9,12-16,19,23,25,43H2,1-6H3/t26-,35-,36-/m0/s1. The number of nitrogens with two attached hydrogens (primary N) is 1. The van der Waals surface area contributed by atoms with Crippen molar-refractivity contribution in [2.24, 2.45) is 11.1 Å². The molecule has 3 aliphatic heterocycles. The second-order valence-corrected chi connectivity index (χ2v) is 16.1. The number of anilines is 1. The minimum absolute atomic E-state index is 0.105. The molecule has 0 radical (unpaired) electrons. The molecular weight excluding hydrogens is 683 g/mol. The molecule has 5 heterocycles. The van der Waals surface area contributed by atoms with Crippen LogP contribution in [0.5, 0.6) is 5.75 Å². The van der Waals surface area contributed by atoms with E-state index < -0.39 is 17.5 Å². The number of pyridine rings is 1. The summed E-state index contributed by atoms with van der Waals surface area (Å²) in [5.74, 6) is -0.577. The topological polar surface area (TPSA) is 138 Å². The Hall–Kier alpha value is -4.49. The molecule has 4 aromatic rings. The summed E-state index contributed by atoms with van der Waals surface area (Å²) < 4.78 is 14.4. The first-order valence-corrected chi connectivity index (χ1v) is 19.3. The van der Waals surface area contributed by atoms with Gasteiger partial charge in [-0.15, -0.1) is 0 Å². The molecule has 2 saturated heterocycles. The third-order valence-electron chi connectivity index (χ3n) is 11.3. The van der Waals surface area contributed by atoms with E-state index in [0.29, 0.717) is 32.4 Å². The Morgan fingerprint density at radius 3 is 2.59 bits per heavy atom. The lowest BCUT2D eigenvalue weighted by Crippen LogP contribution is -2.59. The van der Waals surface area contributed by atoms with E-state index in [2.05, 4.69) is 71.9 Å². The molecule has 3 atom stereocenters. The Balaban J connectivity index is 1.43. The van der Waals surface area contributed by atoms with Crippen molar-refractivity contribution in [2.45, 2.75) is 78.1 Å². The van der Waals surface area contributed by atoms with E-state index in [0.717, 1.165) is 82.0 Å². The lowest BCUT2D eigenvalue weighted by Gasteiger charge is -2.35. The molecule has 288 valence electrons. The number of phenolic OH excluding ortho intramolecular Hbond substituents is 1. The average molecular weight is 738 g/mol. The number of aromatic hydroxyl groups is 1. The van der Waals surface area contributed by atoms with Gasteiger partial charge in [0.1, 0.15) is 11.8 Å². The third-order valence-corrected chi connectivity index (χ3v) is 11.3. The number of hydrogen-bond acceptors (Lipinski definition) is 10. The van der Waals surface area contributed by atoms with E-state index in [1.54, 1.807) is 19.2 Å². The summed E-state index contributed by atoms with van der Waals surface area (Å²) in [7, 11) is 3.88. The predicted octanol–water partition coefficient (Wildman–Crippen LogP) is 5.05. The Bertz CT molecular complexity index is 2030. The fourth-order valence-electron chi connectivity index (χ4n) is 8.26. The fraction of sp³-hybridized carbons (Fsp3) is 0.500. The molecule has 7 rings (SSSR count). The lowest BCUT2D eigenvalue weighted by atomic mass is 9.84. The average Bonchev–Trinajstić information content (AvgIpc) is 3.47. The van der Waals surface area contributed by atoms with E-state index >= 15 is 0 Å². The van der Waals surface area contributed by atoms with Crippen LogP contribution in [-0.2, 0) is 38.4 Å². The molecule has 3 aliphatic rings. The molecule has 12 heteroatoms. The zero-order valence-corrected chi connectivity index (χ0v) is 32.5. The van der Waals surface area contributed by atoms with Crippen molar-refractivity contribution in [3.05, 3.63) is 65.5 Å². The van der Waals surface area contributed by atoms with Crippen LogP contribution in [0.2, 0.25) is 0 Å². The number of benzene rings is 2. The first-order valence-electron chi connectivity index (χ1n) is 19.3. The number of hydrazine groups is 1. The summed E-state index contributed by atoms with van der Waals surface area (Å²) in [5.41, 5.74) is 17.9. The molecule has 6 bridgehead atoms. The normalized spacial score (nSPS) is 21.9. The van der Waals surface area contributed by atoms with Gasteiger partial charge < -0.3 is 34.7 Å². The van der Waals surface area contributed by atoms with E-state index in [1.807, 2.05) is 19.2 Å². The van der Waals surface area contributed by atoms with Gasteiger partial charge in [0.2, 0.25) is 0 Å². The number of fused-ring (bicyclic) bond motifs is 6. The number of esters is 1. The molecule has 2 fully saturated rings. The number of piperazine rings is 1. The molecule has 0 aliphatic carbocycles. The molecule has 0 unspecified atom stereocenters. The molecule has 2 aromatic carbocycles. The van der Waals surface area contributed by atoms with E-state index in [1.165, 1.54) is 5.01 Å². The molecule has 4 N–H and O–H groups in total. The molecule has 12 nitrogen and oxygen atoms in total. The van der Waals surface area contributed by atoms with Crippen LogP contribution in [0, 0.1) is 5.41 Å². The second-order valence-electron chi connectivity index (χ2n) is 16.1. The van der Waals surface area contributed by atoms with Gasteiger partial charge in [-0.25, -0.2) is 5.43 Å². The van der Waals surface area contributed by atoms with Crippen LogP contribution in [-0.4, -0.2) is 102 Å². The number of hydrogen-bond donors (Lipinski definition) is 3. The van der Waals surface area contributed by atoms with Crippen molar-refractivity contribution < 1.29 is 24.2 Å². The Labute approximate surface area is 318 Å². The van der Waals surface area contributed by atoms with Crippen molar-refractivity contribution >= 4 is 28.5 Å². The van der Waals surface area contributed by atoms with Gasteiger partial charge in [0.05, 0.1) is 42.0 Å². The smallest absolute Gasteiger partial charge is 0.324 e. The maximum atomic E-state index is 13.6. The number of aromatic nitrogens is 2. The highest BCUT2D eigenvalue weighted by atomic mass is 16.5. The first kappa shape index (κ1) is 37.8. The number of ether oxygens (including phenoxy) is 2. The number of nitrogens with one attached hydrogen (secondary N) is 1. The summed E-state index contributed by atoms with van der Waals surface area (Å²) in [4.78, 5) is 36.9. The van der Waals surface area contributed by atoms with Gasteiger partial charge in [0.15, 0.2) is 0 Å². The summed E-state index contributed by atoms with van der Waals surface area (Å²) in [6, 6.07) is 12.6. The van der Waals surface area contributed by atoms with E-state index in [4.69, 9.17) is 20.2 Å². The number of methoxy groups -OCH3 is 1. The second kappa shape index (κ2) is 15.3. The lowest BCUT2D eigenvalue weighted by molar-refractivity contribution is -0.154. The minimum Gasteiger partial charge on any atom is -0.508 e. The monoisotopic (exact) mass is 737 g/mol. The van der Waals surface area contributed by atoms with Gasteiger partial charge in [-0.1, -0.05) is 26.0 Å². The van der Waals surface area contributed by atoms with Gasteiger partial charge in [-0.05, 0) is 99.2 Å². The number of amides is 1. The minimum atomic E-state index is -0.867. The van der Waals surface area contributed by atoms with Crippen LogP contribution in [0.15, 0.2) is 48.7 Å². The van der Waals surface area contributed by atoms with Gasteiger partial charge >= 0.3 is 5.97 Å². The molecule has 1 amide bonds. The SMILES string of the molecule is CCn1c(-c2cc(N3CCN(C)CC3)cnc2[C@H](C)OC)c2c3cc(ccc31)-c1cc(O)cc(c1)C[C@H](N)C(=O)N1CCC[C@H](N1)C(=O)OCC(C)(C)C2. The highest BCUT2D eigenvalue weighted by molar-refractivity contribution is 5.96. The maximum Gasteiger partial charge on any atom is 0.324 e. The van der Waals surface area contributed by atoms with E-state index in [-0.39, 0.29) is 36.8 Å². The predicted molar refractivity (Wildman–Crippen MR) is 211 cm³/mol. The number of carbonyl (C=O) groups is 2. The molecule has 54 heavy (non-hydrogen) atoms. The van der Waals surface area contributed by atoms with E-state index in [9.17, 15) is 14.7 Å². The first-order chi connectivity index (χ1) is 25.8. The summed E-state index contributed by atoms with van der Waals surface area (Å²) in [6.45, 7) is 13.6. The Morgan fingerprint density at radius 1 is 1.07 bits per heavy atom. The number of phenols is 1. The van der Waals surface area contributed by atoms with Crippen LogP contribution >= 0.6 is 0 Å². The number of cyclic esters (lactones) is 1. The zero-order chi connectivity index (χ0) is 38.3. The fourth-order valence-corrected chi connectivity index (χ4v) is 8.26. The van der Waals surface area contributed by atoms with Crippen LogP contribution in [0.25, 0.3) is 33.3 Å². The third kappa shape index (κ3) is 7.57. The van der Waals surface area contributed by atoms with Crippen molar-refractivity contribution in [1.82, 2.24) is 24.9 Å². The largest absolute Gasteiger partial charge is 0.508 e. The van der Waals surface area contributed by atoms with Crippen molar-refractivity contribution in [1.29, 1.82) is 0 Å². The quantitative estimate of drug-likeness (QED) is 0.239. The van der Waals surface area contributed by atoms with Crippen LogP contribution < -0.4 is 16.1 Å². The Morgan fingerprint density at radius 2 is 1.85 bits per heavy atom. The molecule has 2 aromatic heterocycles. The van der Waals surface area contributed by atoms with Crippen molar-refractivity contribution in [3.8, 4) is 28.1 Å². The number of nitrogens with zero attached hydrogens (tertiary/aromatic N) is 5. The molecule has 0 saturated carbocycles. The summed E-state index contributed by atoms with van der Waals surface area (Å²) in [6.07, 6.45) is 3.76. The van der Waals surface area contributed by atoms with Crippen LogP contribution in [0.3, 0.4) is 0 Å². The van der Waals surface area contributed by atoms with Gasteiger partial charge in [-0.3, -0.25) is 19.6 Å². The highest BCUT2D eigenvalue weighted by Gasteiger charge is 2.34.